The number of para-hydroxylation sites is 1. The number of Topliss-reactive ketones (excluding diaryl/α,β-unsaturated/α-hetero) is 2. The second-order valence-electron chi connectivity index (χ2n) is 4.48. The summed E-state index contributed by atoms with van der Waals surface area (Å²) < 4.78 is 0. The van der Waals surface area contributed by atoms with Crippen LogP contribution in [0.15, 0.2) is 30.5 Å². The fourth-order valence-electron chi connectivity index (χ4n) is 1.86. The van der Waals surface area contributed by atoms with Crippen LogP contribution in [0.1, 0.15) is 19.4 Å². The summed E-state index contributed by atoms with van der Waals surface area (Å²) in [6.07, 6.45) is 1.98. The monoisotopic (exact) mass is 229 g/mol. The molecule has 1 heterocycles. The number of hydrogen-bond donors (Lipinski definition) is 1. The van der Waals surface area contributed by atoms with Gasteiger partial charge in [0.2, 0.25) is 11.6 Å². The van der Waals surface area contributed by atoms with Gasteiger partial charge in [0, 0.05) is 29.4 Å². The molecule has 3 heteroatoms. The summed E-state index contributed by atoms with van der Waals surface area (Å²) in [4.78, 5) is 26.4. The Morgan fingerprint density at radius 3 is 2.65 bits per heavy atom. The van der Waals surface area contributed by atoms with Crippen LogP contribution in [0.2, 0.25) is 0 Å². The molecule has 0 fully saturated rings. The molecule has 0 aliphatic rings. The van der Waals surface area contributed by atoms with E-state index in [-0.39, 0.29) is 23.9 Å². The number of aromatic nitrogens is 1. The first-order valence-electron chi connectivity index (χ1n) is 5.71. The van der Waals surface area contributed by atoms with Gasteiger partial charge in [0.25, 0.3) is 0 Å². The SMILES string of the molecule is CC(C)C(=O)C(=O)Cc1c[nH]c2ccccc12. The topological polar surface area (TPSA) is 49.9 Å². The van der Waals surface area contributed by atoms with Crippen molar-refractivity contribution in [3.05, 3.63) is 36.0 Å². The Morgan fingerprint density at radius 1 is 1.24 bits per heavy atom. The molecule has 0 aliphatic heterocycles. The lowest BCUT2D eigenvalue weighted by molar-refractivity contribution is -0.138. The van der Waals surface area contributed by atoms with Crippen LogP contribution in [0.25, 0.3) is 10.9 Å². The van der Waals surface area contributed by atoms with Crippen LogP contribution < -0.4 is 0 Å². The van der Waals surface area contributed by atoms with Gasteiger partial charge in [-0.3, -0.25) is 9.59 Å². The average Bonchev–Trinajstić information content (AvgIpc) is 2.71. The van der Waals surface area contributed by atoms with Crippen molar-refractivity contribution in [3.8, 4) is 0 Å². The second kappa shape index (κ2) is 4.53. The average molecular weight is 229 g/mol. The van der Waals surface area contributed by atoms with E-state index in [2.05, 4.69) is 4.98 Å². The highest BCUT2D eigenvalue weighted by atomic mass is 16.2. The number of hydrogen-bond acceptors (Lipinski definition) is 2. The number of carbonyl (C=O) groups excluding carboxylic acids is 2. The zero-order valence-electron chi connectivity index (χ0n) is 9.99. The van der Waals surface area contributed by atoms with E-state index in [0.717, 1.165) is 16.5 Å². The minimum atomic E-state index is -0.315. The Hall–Kier alpha value is -1.90. The molecule has 0 bridgehead atoms. The van der Waals surface area contributed by atoms with E-state index in [9.17, 15) is 9.59 Å². The number of rotatable bonds is 4. The molecule has 0 saturated heterocycles. The summed E-state index contributed by atoms with van der Waals surface area (Å²) in [5.41, 5.74) is 1.88. The van der Waals surface area contributed by atoms with Crippen LogP contribution >= 0.6 is 0 Å². The van der Waals surface area contributed by atoms with E-state index in [4.69, 9.17) is 0 Å². The zero-order chi connectivity index (χ0) is 12.4. The molecule has 2 rings (SSSR count). The number of nitrogens with one attached hydrogen (secondary N) is 1. The van der Waals surface area contributed by atoms with Gasteiger partial charge in [-0.15, -0.1) is 0 Å². The number of H-pyrrole nitrogens is 1. The highest BCUT2D eigenvalue weighted by Crippen LogP contribution is 2.18. The first-order chi connectivity index (χ1) is 8.09. The molecule has 1 aromatic heterocycles. The predicted octanol–water partition coefficient (Wildman–Crippen LogP) is 2.50. The Bertz CT molecular complexity index is 566. The molecule has 0 radical (unpaired) electrons. The second-order valence-corrected chi connectivity index (χ2v) is 4.48. The number of ketones is 2. The molecule has 0 spiro atoms. The van der Waals surface area contributed by atoms with Crippen LogP contribution in [0.4, 0.5) is 0 Å². The Morgan fingerprint density at radius 2 is 1.94 bits per heavy atom. The van der Waals surface area contributed by atoms with E-state index < -0.39 is 0 Å². The normalized spacial score (nSPS) is 11.0. The van der Waals surface area contributed by atoms with Crippen molar-refractivity contribution < 1.29 is 9.59 Å². The van der Waals surface area contributed by atoms with Crippen molar-refractivity contribution >= 4 is 22.5 Å². The fourth-order valence-corrected chi connectivity index (χ4v) is 1.86. The smallest absolute Gasteiger partial charge is 0.203 e. The van der Waals surface area contributed by atoms with Crippen molar-refractivity contribution in [1.29, 1.82) is 0 Å². The van der Waals surface area contributed by atoms with Crippen LogP contribution in [0.3, 0.4) is 0 Å². The van der Waals surface area contributed by atoms with Crippen LogP contribution in [-0.2, 0) is 16.0 Å². The summed E-state index contributed by atoms with van der Waals surface area (Å²) in [5.74, 6) is -0.840. The van der Waals surface area contributed by atoms with Gasteiger partial charge in [-0.2, -0.15) is 0 Å². The maximum Gasteiger partial charge on any atom is 0.203 e. The lowest BCUT2D eigenvalue weighted by Gasteiger charge is -2.02. The van der Waals surface area contributed by atoms with Crippen molar-refractivity contribution in [3.63, 3.8) is 0 Å². The molecule has 0 unspecified atom stereocenters. The summed E-state index contributed by atoms with van der Waals surface area (Å²) in [6, 6.07) is 7.76. The number of carbonyl (C=O) groups is 2. The number of benzene rings is 1. The highest BCUT2D eigenvalue weighted by Gasteiger charge is 2.18. The van der Waals surface area contributed by atoms with Crippen molar-refractivity contribution in [2.75, 3.05) is 0 Å². The predicted molar refractivity (Wildman–Crippen MR) is 66.9 cm³/mol. The first-order valence-corrected chi connectivity index (χ1v) is 5.71. The van der Waals surface area contributed by atoms with Gasteiger partial charge >= 0.3 is 0 Å². The van der Waals surface area contributed by atoms with Crippen LogP contribution in [0, 0.1) is 5.92 Å². The van der Waals surface area contributed by atoms with Crippen molar-refractivity contribution in [2.24, 2.45) is 5.92 Å². The van der Waals surface area contributed by atoms with E-state index in [1.165, 1.54) is 0 Å². The molecule has 2 aromatic rings. The largest absolute Gasteiger partial charge is 0.361 e. The Labute approximate surface area is 99.8 Å². The van der Waals surface area contributed by atoms with Gasteiger partial charge < -0.3 is 4.98 Å². The quantitative estimate of drug-likeness (QED) is 0.819. The maximum absolute atomic E-state index is 11.7. The van der Waals surface area contributed by atoms with E-state index in [1.54, 1.807) is 20.0 Å². The third-order valence-corrected chi connectivity index (χ3v) is 2.83. The lowest BCUT2D eigenvalue weighted by atomic mass is 9.99. The molecule has 1 aromatic carbocycles. The standard InChI is InChI=1S/C14H15NO2/c1-9(2)14(17)13(16)7-10-8-15-12-6-4-3-5-11(10)12/h3-6,8-9,15H,7H2,1-2H3. The molecule has 1 N–H and O–H groups in total. The van der Waals surface area contributed by atoms with Crippen molar-refractivity contribution in [2.45, 2.75) is 20.3 Å². The van der Waals surface area contributed by atoms with E-state index in [1.807, 2.05) is 24.3 Å². The Kier molecular flexibility index (Phi) is 3.09. The van der Waals surface area contributed by atoms with Crippen LogP contribution in [-0.4, -0.2) is 16.6 Å². The molecule has 0 aliphatic carbocycles. The van der Waals surface area contributed by atoms with Gasteiger partial charge in [0.05, 0.1) is 0 Å². The number of fused-ring (bicyclic) bond motifs is 1. The highest BCUT2D eigenvalue weighted by molar-refractivity contribution is 6.38. The van der Waals surface area contributed by atoms with E-state index in [0.29, 0.717) is 0 Å². The summed E-state index contributed by atoms with van der Waals surface area (Å²) in [5, 5.41) is 1.01. The molecule has 0 saturated carbocycles. The third kappa shape index (κ3) is 2.28. The first kappa shape index (κ1) is 11.6. The molecular formula is C14H15NO2. The third-order valence-electron chi connectivity index (χ3n) is 2.83. The molecule has 3 nitrogen and oxygen atoms in total. The molecule has 88 valence electrons. The molecule has 17 heavy (non-hydrogen) atoms. The summed E-state index contributed by atoms with van der Waals surface area (Å²) in [6.45, 7) is 3.49. The molecular weight excluding hydrogens is 214 g/mol. The van der Waals surface area contributed by atoms with Gasteiger partial charge in [0.15, 0.2) is 0 Å². The van der Waals surface area contributed by atoms with Gasteiger partial charge in [0.1, 0.15) is 0 Å². The number of aromatic amines is 1. The molecule has 0 atom stereocenters. The minimum Gasteiger partial charge on any atom is -0.361 e. The maximum atomic E-state index is 11.7. The fraction of sp³-hybridized carbons (Fsp3) is 0.286. The summed E-state index contributed by atoms with van der Waals surface area (Å²) in [7, 11) is 0. The lowest BCUT2D eigenvalue weighted by Crippen LogP contribution is -2.21. The van der Waals surface area contributed by atoms with Gasteiger partial charge in [-0.05, 0) is 11.6 Å². The van der Waals surface area contributed by atoms with Gasteiger partial charge in [-0.25, -0.2) is 0 Å². The van der Waals surface area contributed by atoms with E-state index >= 15 is 0 Å². The van der Waals surface area contributed by atoms with Crippen molar-refractivity contribution in [1.82, 2.24) is 4.98 Å². The molecule has 0 amide bonds. The zero-order valence-corrected chi connectivity index (χ0v) is 9.99. The minimum absolute atomic E-state index is 0.182. The van der Waals surface area contributed by atoms with Gasteiger partial charge in [-0.1, -0.05) is 32.0 Å². The Balaban J connectivity index is 2.25. The summed E-state index contributed by atoms with van der Waals surface area (Å²) >= 11 is 0. The van der Waals surface area contributed by atoms with Crippen LogP contribution in [0.5, 0.6) is 0 Å².